The maximum absolute atomic E-state index is 11.6. The molecule has 1 aromatic rings. The van der Waals surface area contributed by atoms with Gasteiger partial charge in [0.1, 0.15) is 12.4 Å². The van der Waals surface area contributed by atoms with E-state index in [1.54, 1.807) is 19.2 Å². The van der Waals surface area contributed by atoms with E-state index in [4.69, 9.17) is 14.2 Å². The molecule has 0 saturated carbocycles. The van der Waals surface area contributed by atoms with Gasteiger partial charge in [0, 0.05) is 6.61 Å². The first kappa shape index (κ1) is 12.9. The van der Waals surface area contributed by atoms with Gasteiger partial charge in [0.05, 0.1) is 13.7 Å². The van der Waals surface area contributed by atoms with Crippen LogP contribution in [0.5, 0.6) is 5.75 Å². The number of carbonyl (C=O) groups excluding carboxylic acids is 1. The van der Waals surface area contributed by atoms with Crippen LogP contribution in [0.1, 0.15) is 6.92 Å². The van der Waals surface area contributed by atoms with Crippen molar-refractivity contribution in [1.29, 1.82) is 0 Å². The predicted octanol–water partition coefficient (Wildman–Crippen LogP) is 1.74. The first-order valence-corrected chi connectivity index (χ1v) is 6.82. The lowest BCUT2D eigenvalue weighted by molar-refractivity contribution is 0.0891. The van der Waals surface area contributed by atoms with Gasteiger partial charge in [-0.3, -0.25) is 4.79 Å². The summed E-state index contributed by atoms with van der Waals surface area (Å²) in [5, 5.41) is 0. The van der Waals surface area contributed by atoms with Crippen LogP contribution < -0.4 is 4.74 Å². The summed E-state index contributed by atoms with van der Waals surface area (Å²) in [5.41, 5.74) is 3.55. The second-order valence-electron chi connectivity index (χ2n) is 3.06. The molecule has 0 aliphatic heterocycles. The lowest BCUT2D eigenvalue weighted by Crippen LogP contribution is -2.17. The Labute approximate surface area is 96.7 Å². The minimum atomic E-state index is -1.33. The van der Waals surface area contributed by atoms with Gasteiger partial charge in [-0.15, -0.1) is 0 Å². The highest BCUT2D eigenvalue weighted by Crippen LogP contribution is 2.06. The Bertz CT molecular complexity index is 323. The molecule has 0 amide bonds. The van der Waals surface area contributed by atoms with Crippen molar-refractivity contribution in [2.45, 2.75) is 6.92 Å². The molecule has 0 saturated heterocycles. The average molecular weight is 240 g/mol. The zero-order valence-electron chi connectivity index (χ0n) is 9.56. The molecule has 1 heterocycles. The smallest absolute Gasteiger partial charge is 0.297 e. The standard InChI is InChI=1S/C11H16O4Si/c1-3-14-6-7-15-11(12)16-8-4-10(13-2)5-9-16/h4-5,8-9H,3,6-7H2,1-2H3. The minimum absolute atomic E-state index is 0.160. The molecule has 0 fully saturated rings. The Morgan fingerprint density at radius 3 is 2.56 bits per heavy atom. The fourth-order valence-electron chi connectivity index (χ4n) is 1.15. The molecule has 0 spiro atoms. The molecule has 0 aliphatic rings. The van der Waals surface area contributed by atoms with E-state index in [1.807, 2.05) is 18.3 Å². The van der Waals surface area contributed by atoms with Crippen molar-refractivity contribution in [1.82, 2.24) is 0 Å². The van der Waals surface area contributed by atoms with Gasteiger partial charge < -0.3 is 14.2 Å². The molecule has 0 bridgehead atoms. The van der Waals surface area contributed by atoms with Gasteiger partial charge in [0.2, 0.25) is 0 Å². The SMILES string of the molecule is CCOCCOC(=O)[si]1ccc(OC)cc1. The Hall–Kier alpha value is -1.20. The van der Waals surface area contributed by atoms with Crippen LogP contribution in [0.25, 0.3) is 0 Å². The van der Waals surface area contributed by atoms with Crippen molar-refractivity contribution in [3.05, 3.63) is 23.5 Å². The van der Waals surface area contributed by atoms with E-state index in [2.05, 4.69) is 0 Å². The normalized spacial score (nSPS) is 9.88. The minimum Gasteiger partial charge on any atom is -0.497 e. The second kappa shape index (κ2) is 7.13. The Kier molecular flexibility index (Phi) is 5.74. The van der Waals surface area contributed by atoms with Crippen LogP contribution in [0.15, 0.2) is 23.5 Å². The van der Waals surface area contributed by atoms with Crippen LogP contribution >= 0.6 is 0 Å². The summed E-state index contributed by atoms with van der Waals surface area (Å²) in [5.74, 6) is 0.760. The molecule has 0 radical (unpaired) electrons. The van der Waals surface area contributed by atoms with Crippen molar-refractivity contribution in [2.75, 3.05) is 26.9 Å². The molecule has 88 valence electrons. The first-order chi connectivity index (χ1) is 7.77. The van der Waals surface area contributed by atoms with Crippen LogP contribution in [0.4, 0.5) is 4.79 Å². The monoisotopic (exact) mass is 240 g/mol. The van der Waals surface area contributed by atoms with E-state index < -0.39 is 8.40 Å². The average Bonchev–Trinajstić information content (AvgIpc) is 2.34. The summed E-state index contributed by atoms with van der Waals surface area (Å²) < 4.78 is 15.2. The van der Waals surface area contributed by atoms with Crippen LogP contribution in [-0.4, -0.2) is 40.9 Å². The first-order valence-electron chi connectivity index (χ1n) is 5.17. The molecule has 0 unspecified atom stereocenters. The van der Waals surface area contributed by atoms with Gasteiger partial charge in [-0.05, 0) is 19.1 Å². The quantitative estimate of drug-likeness (QED) is 0.561. The van der Waals surface area contributed by atoms with Crippen LogP contribution in [0, 0.1) is 0 Å². The molecular formula is C11H16O4Si. The highest BCUT2D eigenvalue weighted by atomic mass is 28.2. The van der Waals surface area contributed by atoms with E-state index in [0.29, 0.717) is 19.8 Å². The molecule has 1 rings (SSSR count). The molecule has 1 aromatic heterocycles. The van der Waals surface area contributed by atoms with E-state index in [9.17, 15) is 4.79 Å². The third kappa shape index (κ3) is 4.12. The summed E-state index contributed by atoms with van der Waals surface area (Å²) in [6, 6.07) is 3.61. The van der Waals surface area contributed by atoms with Crippen molar-refractivity contribution >= 4 is 14.0 Å². The van der Waals surface area contributed by atoms with Gasteiger partial charge >= 0.3 is 0 Å². The van der Waals surface area contributed by atoms with Gasteiger partial charge in [-0.1, -0.05) is 11.4 Å². The van der Waals surface area contributed by atoms with E-state index in [0.717, 1.165) is 5.75 Å². The van der Waals surface area contributed by atoms with Crippen LogP contribution in [-0.2, 0) is 9.47 Å². The van der Waals surface area contributed by atoms with E-state index in [1.165, 1.54) is 0 Å². The third-order valence-corrected chi connectivity index (χ3v) is 3.66. The second-order valence-corrected chi connectivity index (χ2v) is 5.05. The summed E-state index contributed by atoms with van der Waals surface area (Å²) in [4.78, 5) is 11.6. The number of methoxy groups -OCH3 is 1. The molecular weight excluding hydrogens is 224 g/mol. The fraction of sp³-hybridized carbons (Fsp3) is 0.455. The van der Waals surface area contributed by atoms with Gasteiger partial charge in [0.15, 0.2) is 8.40 Å². The predicted molar refractivity (Wildman–Crippen MR) is 62.2 cm³/mol. The fourth-order valence-corrected chi connectivity index (χ4v) is 2.49. The Morgan fingerprint density at radius 2 is 2.00 bits per heavy atom. The summed E-state index contributed by atoms with van der Waals surface area (Å²) in [6.45, 7) is 3.33. The molecule has 0 aliphatic carbocycles. The molecule has 16 heavy (non-hydrogen) atoms. The number of carbonyl (C=O) groups is 1. The summed E-state index contributed by atoms with van der Waals surface area (Å²) in [6.07, 6.45) is 0. The third-order valence-electron chi connectivity index (χ3n) is 1.99. The van der Waals surface area contributed by atoms with Crippen LogP contribution in [0.3, 0.4) is 0 Å². The molecule has 4 nitrogen and oxygen atoms in total. The van der Waals surface area contributed by atoms with Crippen molar-refractivity contribution in [2.24, 2.45) is 0 Å². The van der Waals surface area contributed by atoms with Crippen LogP contribution in [0.2, 0.25) is 0 Å². The Morgan fingerprint density at radius 1 is 1.31 bits per heavy atom. The van der Waals surface area contributed by atoms with Crippen molar-refractivity contribution < 1.29 is 19.0 Å². The molecule has 5 heteroatoms. The molecule has 0 atom stereocenters. The van der Waals surface area contributed by atoms with E-state index in [-0.39, 0.29) is 5.59 Å². The molecule has 0 N–H and O–H groups in total. The van der Waals surface area contributed by atoms with Gasteiger partial charge in [-0.2, -0.15) is 0 Å². The van der Waals surface area contributed by atoms with Gasteiger partial charge in [0.25, 0.3) is 5.59 Å². The maximum atomic E-state index is 11.6. The Balaban J connectivity index is 2.40. The van der Waals surface area contributed by atoms with Crippen molar-refractivity contribution in [3.8, 4) is 5.75 Å². The zero-order valence-corrected chi connectivity index (χ0v) is 10.6. The number of ether oxygens (including phenoxy) is 3. The number of hydrogen-bond donors (Lipinski definition) is 0. The highest BCUT2D eigenvalue weighted by molar-refractivity contribution is 6.81. The maximum Gasteiger partial charge on any atom is 0.297 e. The lowest BCUT2D eigenvalue weighted by Gasteiger charge is -2.05. The highest BCUT2D eigenvalue weighted by Gasteiger charge is 2.07. The number of hydrogen-bond acceptors (Lipinski definition) is 4. The van der Waals surface area contributed by atoms with Gasteiger partial charge in [-0.25, -0.2) is 0 Å². The largest absolute Gasteiger partial charge is 0.497 e. The summed E-state index contributed by atoms with van der Waals surface area (Å²) >= 11 is 0. The van der Waals surface area contributed by atoms with Crippen molar-refractivity contribution in [3.63, 3.8) is 0 Å². The van der Waals surface area contributed by atoms with E-state index >= 15 is 0 Å². The molecule has 0 aromatic carbocycles. The number of rotatable bonds is 6. The zero-order chi connectivity index (χ0) is 11.8. The lowest BCUT2D eigenvalue weighted by atomic mass is 10.5. The topological polar surface area (TPSA) is 44.8 Å². The summed E-state index contributed by atoms with van der Waals surface area (Å²) in [7, 11) is 0.266.